The summed E-state index contributed by atoms with van der Waals surface area (Å²) in [5.74, 6) is -1.58. The Bertz CT molecular complexity index is 639. The molecule has 0 saturated heterocycles. The number of carboxylic acid groups (broad SMARTS) is 1. The molecule has 0 rings (SSSR count). The van der Waals surface area contributed by atoms with Crippen LogP contribution >= 0.6 is 0 Å². The van der Waals surface area contributed by atoms with Crippen molar-refractivity contribution >= 4 is 24.1 Å². The van der Waals surface area contributed by atoms with Crippen molar-refractivity contribution in [1.82, 2.24) is 16.0 Å². The molecule has 2 atom stereocenters. The van der Waals surface area contributed by atoms with Crippen LogP contribution in [0.15, 0.2) is 0 Å². The van der Waals surface area contributed by atoms with E-state index in [4.69, 9.17) is 14.6 Å². The number of nitrogens with one attached hydrogen (secondary N) is 3. The summed E-state index contributed by atoms with van der Waals surface area (Å²) in [6.07, 6.45) is 2.24. The fourth-order valence-electron chi connectivity index (χ4n) is 2.73. The molecule has 10 nitrogen and oxygen atoms in total. The maximum Gasteiger partial charge on any atom is 0.408 e. The number of carbonyl (C=O) groups excluding carboxylic acids is 3. The van der Waals surface area contributed by atoms with E-state index in [1.807, 2.05) is 0 Å². The van der Waals surface area contributed by atoms with Gasteiger partial charge < -0.3 is 30.5 Å². The standard InChI is InChI=1S/C23H43N3O7/c1-16(19(28)29)12-8-10-14-24-18(27)17(26-21(31)33-23(5,6)7)13-9-11-15-25-20(30)32-22(2,3)4/h16-17H,8-15H2,1-7H3,(H,24,27)(H,25,30)(H,26,31)(H,28,29)/t16-,17-/m0/s1. The van der Waals surface area contributed by atoms with Gasteiger partial charge in [0.1, 0.15) is 17.2 Å². The summed E-state index contributed by atoms with van der Waals surface area (Å²) in [5, 5.41) is 17.0. The summed E-state index contributed by atoms with van der Waals surface area (Å²) in [6.45, 7) is 13.0. The predicted octanol–water partition coefficient (Wildman–Crippen LogP) is 3.58. The molecule has 0 aromatic rings. The Kier molecular flexibility index (Phi) is 13.5. The van der Waals surface area contributed by atoms with E-state index in [0.29, 0.717) is 51.6 Å². The van der Waals surface area contributed by atoms with E-state index in [9.17, 15) is 19.2 Å². The molecule has 10 heteroatoms. The Labute approximate surface area is 197 Å². The first kappa shape index (κ1) is 30.5. The van der Waals surface area contributed by atoms with E-state index in [2.05, 4.69) is 16.0 Å². The molecule has 0 aromatic carbocycles. The minimum absolute atomic E-state index is 0.327. The molecule has 4 N–H and O–H groups in total. The van der Waals surface area contributed by atoms with E-state index in [1.54, 1.807) is 48.5 Å². The zero-order chi connectivity index (χ0) is 25.7. The summed E-state index contributed by atoms with van der Waals surface area (Å²) in [6, 6.07) is -0.778. The van der Waals surface area contributed by atoms with E-state index >= 15 is 0 Å². The highest BCUT2D eigenvalue weighted by Crippen LogP contribution is 2.10. The molecule has 0 unspecified atom stereocenters. The highest BCUT2D eigenvalue weighted by molar-refractivity contribution is 5.85. The highest BCUT2D eigenvalue weighted by Gasteiger charge is 2.24. The zero-order valence-corrected chi connectivity index (χ0v) is 21.2. The van der Waals surface area contributed by atoms with Crippen LogP contribution in [-0.4, -0.2) is 59.5 Å². The molecule has 0 bridgehead atoms. The fraction of sp³-hybridized carbons (Fsp3) is 0.826. The average molecular weight is 474 g/mol. The second-order valence-corrected chi connectivity index (χ2v) is 10.1. The summed E-state index contributed by atoms with van der Waals surface area (Å²) >= 11 is 0. The molecular formula is C23H43N3O7. The van der Waals surface area contributed by atoms with Gasteiger partial charge in [0.25, 0.3) is 0 Å². The van der Waals surface area contributed by atoms with Crippen molar-refractivity contribution in [3.8, 4) is 0 Å². The van der Waals surface area contributed by atoms with Crippen molar-refractivity contribution < 1.29 is 33.8 Å². The lowest BCUT2D eigenvalue weighted by Gasteiger charge is -2.23. The Hall–Kier alpha value is -2.52. The van der Waals surface area contributed by atoms with Crippen LogP contribution in [0.4, 0.5) is 9.59 Å². The number of ether oxygens (including phenoxy) is 2. The second-order valence-electron chi connectivity index (χ2n) is 10.1. The molecule has 0 radical (unpaired) electrons. The van der Waals surface area contributed by atoms with Gasteiger partial charge in [-0.05, 0) is 73.6 Å². The normalized spacial score (nSPS) is 13.4. The molecule has 0 aliphatic heterocycles. The van der Waals surface area contributed by atoms with Gasteiger partial charge >= 0.3 is 18.2 Å². The molecule has 192 valence electrons. The van der Waals surface area contributed by atoms with Crippen molar-refractivity contribution in [2.75, 3.05) is 13.1 Å². The zero-order valence-electron chi connectivity index (χ0n) is 21.2. The number of hydrogen-bond donors (Lipinski definition) is 4. The van der Waals surface area contributed by atoms with Crippen molar-refractivity contribution in [3.63, 3.8) is 0 Å². The van der Waals surface area contributed by atoms with Crippen LogP contribution < -0.4 is 16.0 Å². The minimum Gasteiger partial charge on any atom is -0.481 e. The van der Waals surface area contributed by atoms with Crippen molar-refractivity contribution in [2.24, 2.45) is 5.92 Å². The fourth-order valence-corrected chi connectivity index (χ4v) is 2.73. The summed E-state index contributed by atoms with van der Waals surface area (Å²) in [4.78, 5) is 47.3. The molecular weight excluding hydrogens is 430 g/mol. The van der Waals surface area contributed by atoms with E-state index < -0.39 is 41.3 Å². The molecule has 0 saturated carbocycles. The van der Waals surface area contributed by atoms with Crippen LogP contribution in [0.25, 0.3) is 0 Å². The Morgan fingerprint density at radius 1 is 0.758 bits per heavy atom. The van der Waals surface area contributed by atoms with Gasteiger partial charge in [0.2, 0.25) is 5.91 Å². The van der Waals surface area contributed by atoms with Crippen LogP contribution in [0.2, 0.25) is 0 Å². The lowest BCUT2D eigenvalue weighted by Crippen LogP contribution is -2.48. The van der Waals surface area contributed by atoms with Gasteiger partial charge in [0.05, 0.1) is 5.92 Å². The van der Waals surface area contributed by atoms with Crippen LogP contribution in [0.1, 0.15) is 87.0 Å². The summed E-state index contributed by atoms with van der Waals surface area (Å²) in [7, 11) is 0. The molecule has 0 heterocycles. The Morgan fingerprint density at radius 2 is 1.24 bits per heavy atom. The Morgan fingerprint density at radius 3 is 1.76 bits per heavy atom. The number of hydrogen-bond acceptors (Lipinski definition) is 6. The van der Waals surface area contributed by atoms with Gasteiger partial charge in [0, 0.05) is 13.1 Å². The lowest BCUT2D eigenvalue weighted by atomic mass is 10.0. The number of amides is 3. The van der Waals surface area contributed by atoms with Gasteiger partial charge in [-0.2, -0.15) is 0 Å². The van der Waals surface area contributed by atoms with Crippen LogP contribution in [0.5, 0.6) is 0 Å². The first-order chi connectivity index (χ1) is 15.1. The second kappa shape index (κ2) is 14.6. The molecule has 3 amide bonds. The molecule has 0 aliphatic carbocycles. The lowest BCUT2D eigenvalue weighted by molar-refractivity contribution is -0.141. The number of carbonyl (C=O) groups is 4. The topological polar surface area (TPSA) is 143 Å². The van der Waals surface area contributed by atoms with E-state index in [-0.39, 0.29) is 5.91 Å². The number of rotatable bonds is 13. The van der Waals surface area contributed by atoms with Crippen molar-refractivity contribution in [1.29, 1.82) is 0 Å². The molecule has 33 heavy (non-hydrogen) atoms. The summed E-state index contributed by atoms with van der Waals surface area (Å²) < 4.78 is 10.4. The third-order valence-corrected chi connectivity index (χ3v) is 4.38. The van der Waals surface area contributed by atoms with Gasteiger partial charge in [-0.1, -0.05) is 13.3 Å². The smallest absolute Gasteiger partial charge is 0.408 e. The van der Waals surface area contributed by atoms with Crippen LogP contribution in [0, 0.1) is 5.92 Å². The molecule has 0 aliphatic rings. The van der Waals surface area contributed by atoms with Gasteiger partial charge in [0.15, 0.2) is 0 Å². The number of unbranched alkanes of at least 4 members (excludes halogenated alkanes) is 2. The first-order valence-electron chi connectivity index (χ1n) is 11.6. The Balaban J connectivity index is 4.56. The van der Waals surface area contributed by atoms with Crippen LogP contribution in [0.3, 0.4) is 0 Å². The molecule has 0 spiro atoms. The van der Waals surface area contributed by atoms with Gasteiger partial charge in [-0.3, -0.25) is 9.59 Å². The number of aliphatic carboxylic acids is 1. The monoisotopic (exact) mass is 473 g/mol. The number of alkyl carbamates (subject to hydrolysis) is 2. The molecule has 0 aromatic heterocycles. The van der Waals surface area contributed by atoms with Gasteiger partial charge in [-0.15, -0.1) is 0 Å². The quantitative estimate of drug-likeness (QED) is 0.299. The van der Waals surface area contributed by atoms with E-state index in [0.717, 1.165) is 0 Å². The molecule has 0 fully saturated rings. The third-order valence-electron chi connectivity index (χ3n) is 4.38. The SMILES string of the molecule is C[C@@H](CCCCNC(=O)[C@H](CCCCNC(=O)OC(C)(C)C)NC(=O)OC(C)(C)C)C(=O)O. The number of carboxylic acids is 1. The summed E-state index contributed by atoms with van der Waals surface area (Å²) in [5.41, 5.74) is -1.26. The first-order valence-corrected chi connectivity index (χ1v) is 11.6. The maximum absolute atomic E-state index is 12.6. The minimum atomic E-state index is -0.832. The highest BCUT2D eigenvalue weighted by atomic mass is 16.6. The van der Waals surface area contributed by atoms with Crippen molar-refractivity contribution in [3.05, 3.63) is 0 Å². The largest absolute Gasteiger partial charge is 0.481 e. The van der Waals surface area contributed by atoms with E-state index in [1.165, 1.54) is 0 Å². The van der Waals surface area contributed by atoms with Crippen LogP contribution in [-0.2, 0) is 19.1 Å². The third kappa shape index (κ3) is 17.7. The van der Waals surface area contributed by atoms with Crippen molar-refractivity contribution in [2.45, 2.75) is 104 Å². The van der Waals surface area contributed by atoms with Gasteiger partial charge in [-0.25, -0.2) is 9.59 Å². The average Bonchev–Trinajstić information content (AvgIpc) is 2.63. The maximum atomic E-state index is 12.6. The predicted molar refractivity (Wildman–Crippen MR) is 125 cm³/mol.